The zero-order valence-electron chi connectivity index (χ0n) is 11.2. The van der Waals surface area contributed by atoms with Crippen molar-refractivity contribution in [3.63, 3.8) is 0 Å². The Morgan fingerprint density at radius 3 is 2.55 bits per heavy atom. The van der Waals surface area contributed by atoms with E-state index >= 15 is 0 Å². The van der Waals surface area contributed by atoms with E-state index in [2.05, 4.69) is 4.98 Å². The van der Waals surface area contributed by atoms with E-state index in [0.717, 1.165) is 11.6 Å². The first-order chi connectivity index (χ1) is 9.38. The molecule has 2 rings (SSSR count). The first-order valence-electron chi connectivity index (χ1n) is 6.21. The minimum Gasteiger partial charge on any atom is -0.490 e. The Kier molecular flexibility index (Phi) is 4.02. The number of hydrogen-bond donors (Lipinski definition) is 0. The van der Waals surface area contributed by atoms with Gasteiger partial charge in [0.15, 0.2) is 0 Å². The Balaban J connectivity index is 2.24. The smallest absolute Gasteiger partial charge is 0.490 e. The van der Waals surface area contributed by atoms with Gasteiger partial charge in [-0.2, -0.15) is 0 Å². The summed E-state index contributed by atoms with van der Waals surface area (Å²) in [6.45, 7) is -1.61. The van der Waals surface area contributed by atoms with Gasteiger partial charge in [0.05, 0.1) is 11.4 Å². The lowest BCUT2D eigenvalue weighted by molar-refractivity contribution is 0.301. The van der Waals surface area contributed by atoms with Crippen molar-refractivity contribution in [2.24, 2.45) is 0 Å². The fourth-order valence-electron chi connectivity index (χ4n) is 1.87. The number of benzene rings is 1. The molecule has 0 N–H and O–H groups in total. The SMILES string of the molecule is Cc1ccc(OCc2ncccc2C)c([B-](F)(F)F)c1. The molecule has 0 spiro atoms. The van der Waals surface area contributed by atoms with Crippen LogP contribution in [0.3, 0.4) is 0 Å². The zero-order valence-corrected chi connectivity index (χ0v) is 11.2. The van der Waals surface area contributed by atoms with E-state index in [9.17, 15) is 12.9 Å². The van der Waals surface area contributed by atoms with E-state index in [1.54, 1.807) is 25.3 Å². The predicted octanol–water partition coefficient (Wildman–Crippen LogP) is 3.33. The van der Waals surface area contributed by atoms with Crippen molar-refractivity contribution >= 4 is 12.4 Å². The standard InChI is InChI=1S/C14H14BF3NO/c1-10-5-6-14(12(8-10)15(16,17)18)20-9-13-11(2)4-3-7-19-13/h3-8H,9H2,1-2H3/q-1. The molecule has 0 bridgehead atoms. The lowest BCUT2D eigenvalue weighted by atomic mass is 9.78. The summed E-state index contributed by atoms with van der Waals surface area (Å²) in [5.74, 6) is -0.145. The van der Waals surface area contributed by atoms with E-state index in [0.29, 0.717) is 11.3 Å². The summed E-state index contributed by atoms with van der Waals surface area (Å²) >= 11 is 0. The normalized spacial score (nSPS) is 11.4. The summed E-state index contributed by atoms with van der Waals surface area (Å²) in [7, 11) is 0. The number of hydrogen-bond acceptors (Lipinski definition) is 2. The summed E-state index contributed by atoms with van der Waals surface area (Å²) in [5, 5.41) is 0. The lowest BCUT2D eigenvalue weighted by Crippen LogP contribution is -2.35. The van der Waals surface area contributed by atoms with Crippen LogP contribution in [0.5, 0.6) is 5.75 Å². The topological polar surface area (TPSA) is 22.1 Å². The number of halogens is 3. The molecular weight excluding hydrogens is 266 g/mol. The van der Waals surface area contributed by atoms with Gasteiger partial charge in [-0.05, 0) is 31.5 Å². The fourth-order valence-corrected chi connectivity index (χ4v) is 1.87. The molecule has 1 aromatic carbocycles. The fraction of sp³-hybridized carbons (Fsp3) is 0.214. The highest BCUT2D eigenvalue weighted by Crippen LogP contribution is 2.20. The van der Waals surface area contributed by atoms with E-state index in [4.69, 9.17) is 4.74 Å². The van der Waals surface area contributed by atoms with Crippen molar-refractivity contribution in [2.45, 2.75) is 20.5 Å². The molecule has 0 aliphatic carbocycles. The van der Waals surface area contributed by atoms with Gasteiger partial charge in [-0.1, -0.05) is 29.2 Å². The molecule has 0 saturated heterocycles. The maximum atomic E-state index is 13.0. The van der Waals surface area contributed by atoms with Crippen molar-refractivity contribution in [2.75, 3.05) is 0 Å². The highest BCUT2D eigenvalue weighted by molar-refractivity contribution is 6.74. The average molecular weight is 280 g/mol. The lowest BCUT2D eigenvalue weighted by Gasteiger charge is -2.20. The maximum Gasteiger partial charge on any atom is 0.513 e. The van der Waals surface area contributed by atoms with Gasteiger partial charge in [0, 0.05) is 6.20 Å². The minimum atomic E-state index is -5.09. The first kappa shape index (κ1) is 14.4. The number of aryl methyl sites for hydroxylation is 2. The molecule has 2 nitrogen and oxygen atoms in total. The van der Waals surface area contributed by atoms with Crippen LogP contribution in [0.2, 0.25) is 0 Å². The van der Waals surface area contributed by atoms with Crippen molar-refractivity contribution in [1.82, 2.24) is 4.98 Å². The molecule has 0 aliphatic heterocycles. The predicted molar refractivity (Wildman–Crippen MR) is 73.2 cm³/mol. The van der Waals surface area contributed by atoms with E-state index in [1.807, 2.05) is 13.0 Å². The van der Waals surface area contributed by atoms with Gasteiger partial charge in [0.1, 0.15) is 6.61 Å². The minimum absolute atomic E-state index is 0.0227. The molecular formula is C14H14BF3NO-. The van der Waals surface area contributed by atoms with Crippen LogP contribution in [-0.4, -0.2) is 12.0 Å². The number of ether oxygens (including phenoxy) is 1. The molecule has 0 radical (unpaired) electrons. The second kappa shape index (κ2) is 5.57. The van der Waals surface area contributed by atoms with Crippen molar-refractivity contribution in [1.29, 1.82) is 0 Å². The van der Waals surface area contributed by atoms with Gasteiger partial charge >= 0.3 is 6.98 Å². The van der Waals surface area contributed by atoms with Crippen LogP contribution < -0.4 is 10.2 Å². The van der Waals surface area contributed by atoms with Crippen LogP contribution in [0.25, 0.3) is 0 Å². The Labute approximate surface area is 115 Å². The average Bonchev–Trinajstić information content (AvgIpc) is 2.38. The highest BCUT2D eigenvalue weighted by atomic mass is 19.4. The second-order valence-corrected chi connectivity index (χ2v) is 4.67. The first-order valence-corrected chi connectivity index (χ1v) is 6.21. The molecule has 0 saturated carbocycles. The van der Waals surface area contributed by atoms with Crippen LogP contribution in [0.4, 0.5) is 12.9 Å². The second-order valence-electron chi connectivity index (χ2n) is 4.67. The molecule has 6 heteroatoms. The van der Waals surface area contributed by atoms with Gasteiger partial charge in [-0.3, -0.25) is 4.98 Å². The van der Waals surface area contributed by atoms with Gasteiger partial charge in [-0.15, -0.1) is 0 Å². The van der Waals surface area contributed by atoms with E-state index < -0.39 is 12.4 Å². The molecule has 0 fully saturated rings. The molecule has 0 amide bonds. The Bertz CT molecular complexity index is 614. The van der Waals surface area contributed by atoms with Crippen LogP contribution in [0.15, 0.2) is 36.5 Å². The van der Waals surface area contributed by atoms with Gasteiger partial charge in [0.25, 0.3) is 0 Å². The Hall–Kier alpha value is -1.98. The summed E-state index contributed by atoms with van der Waals surface area (Å²) < 4.78 is 44.3. The number of pyridine rings is 1. The van der Waals surface area contributed by atoms with E-state index in [1.165, 1.54) is 6.07 Å². The summed E-state index contributed by atoms with van der Waals surface area (Å²) in [5.41, 5.74) is 1.38. The highest BCUT2D eigenvalue weighted by Gasteiger charge is 2.29. The monoisotopic (exact) mass is 280 g/mol. The third kappa shape index (κ3) is 3.32. The molecule has 0 unspecified atom stereocenters. The number of aromatic nitrogens is 1. The molecule has 0 atom stereocenters. The summed E-state index contributed by atoms with van der Waals surface area (Å²) in [6.07, 6.45) is 1.59. The molecule has 1 aromatic heterocycles. The molecule has 106 valence electrons. The van der Waals surface area contributed by atoms with Crippen LogP contribution in [0.1, 0.15) is 16.8 Å². The summed E-state index contributed by atoms with van der Waals surface area (Å²) in [6, 6.07) is 7.69. The zero-order chi connectivity index (χ0) is 14.8. The molecule has 1 heterocycles. The van der Waals surface area contributed by atoms with Gasteiger partial charge < -0.3 is 17.7 Å². The molecule has 20 heavy (non-hydrogen) atoms. The van der Waals surface area contributed by atoms with Crippen LogP contribution in [-0.2, 0) is 6.61 Å². The van der Waals surface area contributed by atoms with Gasteiger partial charge in [0.2, 0.25) is 0 Å². The van der Waals surface area contributed by atoms with Crippen LogP contribution in [0, 0.1) is 13.8 Å². The van der Waals surface area contributed by atoms with Gasteiger partial charge in [-0.25, -0.2) is 0 Å². The summed E-state index contributed by atoms with van der Waals surface area (Å²) in [4.78, 5) is 4.10. The van der Waals surface area contributed by atoms with Crippen molar-refractivity contribution < 1.29 is 17.7 Å². The Morgan fingerprint density at radius 2 is 1.90 bits per heavy atom. The third-order valence-electron chi connectivity index (χ3n) is 3.00. The third-order valence-corrected chi connectivity index (χ3v) is 3.00. The number of nitrogens with zero attached hydrogens (tertiary/aromatic N) is 1. The quantitative estimate of drug-likeness (QED) is 0.801. The Morgan fingerprint density at radius 1 is 1.15 bits per heavy atom. The number of rotatable bonds is 4. The molecule has 0 aliphatic rings. The maximum absolute atomic E-state index is 13.0. The largest absolute Gasteiger partial charge is 0.513 e. The van der Waals surface area contributed by atoms with Crippen molar-refractivity contribution in [3.05, 3.63) is 53.3 Å². The van der Waals surface area contributed by atoms with Crippen molar-refractivity contribution in [3.8, 4) is 5.75 Å². The molecule has 2 aromatic rings. The van der Waals surface area contributed by atoms with Crippen LogP contribution >= 0.6 is 0 Å². The van der Waals surface area contributed by atoms with E-state index in [-0.39, 0.29) is 12.4 Å².